The maximum atomic E-state index is 12.2. The number of benzene rings is 2. The normalized spacial score (nSPS) is 10.9. The zero-order valence-corrected chi connectivity index (χ0v) is 15.9. The van der Waals surface area contributed by atoms with Crippen molar-refractivity contribution in [3.8, 4) is 17.2 Å². The molecule has 27 heavy (non-hydrogen) atoms. The highest BCUT2D eigenvalue weighted by atomic mass is 16.5. The van der Waals surface area contributed by atoms with Crippen molar-refractivity contribution in [3.05, 3.63) is 48.0 Å². The smallest absolute Gasteiger partial charge is 0.348 e. The van der Waals surface area contributed by atoms with E-state index < -0.39 is 6.03 Å². The summed E-state index contributed by atoms with van der Waals surface area (Å²) in [6.07, 6.45) is 0. The number of ether oxygens (including phenoxy) is 3. The van der Waals surface area contributed by atoms with Gasteiger partial charge in [-0.1, -0.05) is 30.3 Å². The van der Waals surface area contributed by atoms with Crippen LogP contribution in [-0.4, -0.2) is 45.2 Å². The molecule has 0 aliphatic heterocycles. The highest BCUT2D eigenvalue weighted by molar-refractivity contribution is 6.00. The van der Waals surface area contributed by atoms with Crippen LogP contribution >= 0.6 is 0 Å². The van der Waals surface area contributed by atoms with E-state index in [0.717, 1.165) is 5.56 Å². The number of hydrogen-bond donors (Lipinski definition) is 2. The molecule has 8 nitrogen and oxygen atoms in total. The van der Waals surface area contributed by atoms with E-state index in [1.54, 1.807) is 26.2 Å². The Kier molecular flexibility index (Phi) is 6.87. The van der Waals surface area contributed by atoms with E-state index >= 15 is 0 Å². The molecule has 2 rings (SSSR count). The Morgan fingerprint density at radius 1 is 1.07 bits per heavy atom. The molecule has 8 heteroatoms. The lowest BCUT2D eigenvalue weighted by Crippen LogP contribution is -2.32. The summed E-state index contributed by atoms with van der Waals surface area (Å²) in [6.45, 7) is 0.350. The Balaban J connectivity index is 2.29. The Bertz CT molecular complexity index is 807. The highest BCUT2D eigenvalue weighted by Crippen LogP contribution is 2.42. The van der Waals surface area contributed by atoms with Crippen LogP contribution in [0.25, 0.3) is 0 Å². The minimum atomic E-state index is -0.655. The number of amides is 2. The van der Waals surface area contributed by atoms with E-state index in [-0.39, 0.29) is 5.96 Å². The standard InChI is InChI=1S/C19H24N4O4/c1-23(2)18(20)22-19(24)21-16-14(25-3)10-11-15(17(16)26-4)27-12-13-8-6-5-7-9-13/h5-11H,12H2,1-4H3,(H3,20,21,22,24). The number of nitrogens with one attached hydrogen (secondary N) is 1. The van der Waals surface area contributed by atoms with Gasteiger partial charge in [0.1, 0.15) is 18.0 Å². The van der Waals surface area contributed by atoms with Gasteiger partial charge in [0, 0.05) is 14.1 Å². The summed E-state index contributed by atoms with van der Waals surface area (Å²) in [5.74, 6) is 1.27. The number of nitrogens with two attached hydrogens (primary N) is 1. The van der Waals surface area contributed by atoms with Crippen LogP contribution in [0, 0.1) is 0 Å². The number of methoxy groups -OCH3 is 2. The van der Waals surface area contributed by atoms with Gasteiger partial charge in [-0.2, -0.15) is 4.99 Å². The zero-order valence-electron chi connectivity index (χ0n) is 15.9. The fraction of sp³-hybridized carbons (Fsp3) is 0.263. The SMILES string of the molecule is COc1ccc(OCc2ccccc2)c(OC)c1NC(=O)N=C(N)N(C)C. The molecule has 0 aliphatic rings. The van der Waals surface area contributed by atoms with Crippen molar-refractivity contribution >= 4 is 17.7 Å². The third kappa shape index (κ3) is 5.27. The molecular formula is C19H24N4O4. The summed E-state index contributed by atoms with van der Waals surface area (Å²) in [6, 6.07) is 12.5. The van der Waals surface area contributed by atoms with Gasteiger partial charge in [-0.05, 0) is 17.7 Å². The third-order valence-corrected chi connectivity index (χ3v) is 3.65. The number of guanidine groups is 1. The molecule has 2 aromatic carbocycles. The van der Waals surface area contributed by atoms with Crippen molar-refractivity contribution in [1.82, 2.24) is 4.90 Å². The predicted octanol–water partition coefficient (Wildman–Crippen LogP) is 2.69. The van der Waals surface area contributed by atoms with Crippen molar-refractivity contribution in [3.63, 3.8) is 0 Å². The third-order valence-electron chi connectivity index (χ3n) is 3.65. The Morgan fingerprint density at radius 3 is 2.33 bits per heavy atom. The molecule has 2 aromatic rings. The van der Waals surface area contributed by atoms with E-state index in [1.807, 2.05) is 30.3 Å². The summed E-state index contributed by atoms with van der Waals surface area (Å²) >= 11 is 0. The minimum Gasteiger partial charge on any atom is -0.494 e. The molecule has 0 fully saturated rings. The summed E-state index contributed by atoms with van der Waals surface area (Å²) < 4.78 is 16.6. The average molecular weight is 372 g/mol. The molecule has 0 radical (unpaired) electrons. The summed E-state index contributed by atoms with van der Waals surface area (Å²) in [5.41, 5.74) is 7.00. The number of aliphatic imine (C=N–C) groups is 1. The van der Waals surface area contributed by atoms with Crippen LogP contribution in [0.3, 0.4) is 0 Å². The van der Waals surface area contributed by atoms with Crippen molar-refractivity contribution in [2.45, 2.75) is 6.61 Å². The van der Waals surface area contributed by atoms with Crippen molar-refractivity contribution in [2.75, 3.05) is 33.6 Å². The van der Waals surface area contributed by atoms with Gasteiger partial charge < -0.3 is 24.8 Å². The minimum absolute atomic E-state index is 0.0712. The van der Waals surface area contributed by atoms with E-state index in [2.05, 4.69) is 10.3 Å². The highest BCUT2D eigenvalue weighted by Gasteiger charge is 2.19. The van der Waals surface area contributed by atoms with Gasteiger partial charge in [0.15, 0.2) is 17.5 Å². The Hall–Kier alpha value is -3.42. The molecule has 0 bridgehead atoms. The lowest BCUT2D eigenvalue weighted by molar-refractivity contribution is 0.258. The maximum Gasteiger partial charge on any atom is 0.348 e. The van der Waals surface area contributed by atoms with Crippen LogP contribution in [0.4, 0.5) is 10.5 Å². The molecule has 0 saturated carbocycles. The van der Waals surface area contributed by atoms with E-state index in [1.165, 1.54) is 19.1 Å². The summed E-state index contributed by atoms with van der Waals surface area (Å²) in [5, 5.41) is 2.64. The van der Waals surface area contributed by atoms with Gasteiger partial charge in [0.2, 0.25) is 0 Å². The second kappa shape index (κ2) is 9.33. The molecule has 0 spiro atoms. The van der Waals surface area contributed by atoms with Crippen LogP contribution in [0.1, 0.15) is 5.56 Å². The van der Waals surface area contributed by atoms with Crippen molar-refractivity contribution < 1.29 is 19.0 Å². The molecule has 0 heterocycles. The first-order valence-corrected chi connectivity index (χ1v) is 8.20. The Morgan fingerprint density at radius 2 is 1.74 bits per heavy atom. The number of hydrogen-bond acceptors (Lipinski definition) is 4. The van der Waals surface area contributed by atoms with Gasteiger partial charge in [-0.3, -0.25) is 5.32 Å². The second-order valence-electron chi connectivity index (χ2n) is 5.74. The number of nitrogens with zero attached hydrogens (tertiary/aromatic N) is 2. The lowest BCUT2D eigenvalue weighted by atomic mass is 10.2. The quantitative estimate of drug-likeness (QED) is 0.598. The first-order chi connectivity index (χ1) is 13.0. The largest absolute Gasteiger partial charge is 0.494 e. The van der Waals surface area contributed by atoms with E-state index in [9.17, 15) is 4.79 Å². The fourth-order valence-corrected chi connectivity index (χ4v) is 2.22. The lowest BCUT2D eigenvalue weighted by Gasteiger charge is -2.17. The predicted molar refractivity (Wildman–Crippen MR) is 105 cm³/mol. The zero-order chi connectivity index (χ0) is 19.8. The van der Waals surface area contributed by atoms with Crippen LogP contribution in [0.2, 0.25) is 0 Å². The van der Waals surface area contributed by atoms with Crippen molar-refractivity contribution in [2.24, 2.45) is 10.7 Å². The first kappa shape index (κ1) is 19.9. The molecule has 0 unspecified atom stereocenters. The number of anilines is 1. The maximum absolute atomic E-state index is 12.2. The molecule has 144 valence electrons. The monoisotopic (exact) mass is 372 g/mol. The van der Waals surface area contributed by atoms with E-state index in [0.29, 0.717) is 29.5 Å². The topological polar surface area (TPSA) is 98.4 Å². The average Bonchev–Trinajstić information content (AvgIpc) is 2.66. The number of carbonyl (C=O) groups is 1. The van der Waals surface area contributed by atoms with Gasteiger partial charge in [0.25, 0.3) is 0 Å². The van der Waals surface area contributed by atoms with Crippen LogP contribution in [0.5, 0.6) is 17.2 Å². The summed E-state index contributed by atoms with van der Waals surface area (Å²) in [4.78, 5) is 17.5. The summed E-state index contributed by atoms with van der Waals surface area (Å²) in [7, 11) is 6.35. The number of rotatable bonds is 6. The van der Waals surface area contributed by atoms with Gasteiger partial charge in [0.05, 0.1) is 14.2 Å². The van der Waals surface area contributed by atoms with Crippen LogP contribution in [-0.2, 0) is 6.61 Å². The van der Waals surface area contributed by atoms with Gasteiger partial charge in [-0.25, -0.2) is 4.79 Å². The Labute approximate surface area is 158 Å². The molecule has 0 saturated heterocycles. The molecule has 0 aromatic heterocycles. The fourth-order valence-electron chi connectivity index (χ4n) is 2.22. The first-order valence-electron chi connectivity index (χ1n) is 8.20. The van der Waals surface area contributed by atoms with Gasteiger partial charge >= 0.3 is 6.03 Å². The molecule has 0 aliphatic carbocycles. The second-order valence-corrected chi connectivity index (χ2v) is 5.74. The molecule has 0 atom stereocenters. The van der Waals surface area contributed by atoms with E-state index in [4.69, 9.17) is 19.9 Å². The number of urea groups is 1. The molecule has 2 amide bonds. The van der Waals surface area contributed by atoms with Crippen molar-refractivity contribution in [1.29, 1.82) is 0 Å². The number of carbonyl (C=O) groups excluding carboxylic acids is 1. The molecule has 3 N–H and O–H groups in total. The molecular weight excluding hydrogens is 348 g/mol. The van der Waals surface area contributed by atoms with Crippen LogP contribution < -0.4 is 25.3 Å². The van der Waals surface area contributed by atoms with Gasteiger partial charge in [-0.15, -0.1) is 0 Å². The van der Waals surface area contributed by atoms with Crippen LogP contribution in [0.15, 0.2) is 47.5 Å².